The molecule has 2 aliphatic heterocycles. The highest BCUT2D eigenvalue weighted by atomic mass is 16.3. The van der Waals surface area contributed by atoms with Crippen LogP contribution in [0.25, 0.3) is 27.6 Å². The number of aliphatic hydroxyl groups is 1. The first-order valence-electron chi connectivity index (χ1n) is 21.4. The van der Waals surface area contributed by atoms with E-state index in [1.54, 1.807) is 22.3 Å². The molecule has 4 aromatic rings. The number of imidazole rings is 2. The van der Waals surface area contributed by atoms with E-state index in [1.165, 1.54) is 67.2 Å². The van der Waals surface area contributed by atoms with Crippen molar-refractivity contribution in [1.82, 2.24) is 19.1 Å². The van der Waals surface area contributed by atoms with Crippen LogP contribution in [0, 0.1) is 35.5 Å². The molecule has 5 unspecified atom stereocenters. The van der Waals surface area contributed by atoms with Gasteiger partial charge in [-0.05, 0) is 140 Å². The van der Waals surface area contributed by atoms with Gasteiger partial charge < -0.3 is 14.2 Å². The molecule has 1 fully saturated rings. The molecule has 6 aliphatic rings. The third-order valence-electron chi connectivity index (χ3n) is 14.4. The third kappa shape index (κ3) is 5.58. The van der Waals surface area contributed by atoms with Crippen LogP contribution in [-0.2, 0) is 19.5 Å². The molecule has 2 aromatic heterocycles. The summed E-state index contributed by atoms with van der Waals surface area (Å²) in [6, 6.07) is 17.0. The maximum absolute atomic E-state index is 11.6. The molecule has 0 bridgehead atoms. The molecule has 55 heavy (non-hydrogen) atoms. The minimum atomic E-state index is -0.524. The maximum atomic E-state index is 11.6. The van der Waals surface area contributed by atoms with Crippen molar-refractivity contribution in [2.45, 2.75) is 104 Å². The number of para-hydroxylation sites is 4. The molecule has 4 heterocycles. The Labute approximate surface area is 326 Å². The Morgan fingerprint density at radius 1 is 0.909 bits per heavy atom. The van der Waals surface area contributed by atoms with Crippen LogP contribution in [0.15, 0.2) is 125 Å². The minimum Gasteiger partial charge on any atom is -0.387 e. The van der Waals surface area contributed by atoms with Crippen molar-refractivity contribution in [2.75, 3.05) is 0 Å². The van der Waals surface area contributed by atoms with Gasteiger partial charge in [0.25, 0.3) is 0 Å². The number of benzene rings is 2. The monoisotopic (exact) mass is 728 g/mol. The van der Waals surface area contributed by atoms with Crippen LogP contribution in [0.2, 0.25) is 0 Å². The quantitative estimate of drug-likeness (QED) is 0.223. The van der Waals surface area contributed by atoms with Crippen molar-refractivity contribution in [2.24, 2.45) is 35.5 Å². The van der Waals surface area contributed by atoms with Gasteiger partial charge >= 0.3 is 0 Å². The Morgan fingerprint density at radius 3 is 2.47 bits per heavy atom. The Hall–Kier alpha value is -4.48. The van der Waals surface area contributed by atoms with Crippen molar-refractivity contribution in [1.29, 1.82) is 0 Å². The van der Waals surface area contributed by atoms with E-state index in [2.05, 4.69) is 109 Å². The Morgan fingerprint density at radius 2 is 1.69 bits per heavy atom. The second kappa shape index (κ2) is 13.9. The molecular weight excluding hydrogens is 673 g/mol. The minimum absolute atomic E-state index is 0.432. The number of rotatable bonds is 5. The molecule has 7 atom stereocenters. The highest BCUT2D eigenvalue weighted by Crippen LogP contribution is 2.58. The maximum Gasteiger partial charge on any atom is 0.140 e. The van der Waals surface area contributed by atoms with Gasteiger partial charge in [0.05, 0.1) is 34.7 Å². The predicted molar refractivity (Wildman–Crippen MR) is 225 cm³/mol. The number of nitrogens with zero attached hydrogens (tertiary/aromatic N) is 4. The fourth-order valence-corrected chi connectivity index (χ4v) is 12.3. The molecule has 5 heteroatoms. The van der Waals surface area contributed by atoms with Crippen LogP contribution in [0.3, 0.4) is 0 Å². The smallest absolute Gasteiger partial charge is 0.140 e. The van der Waals surface area contributed by atoms with E-state index in [0.717, 1.165) is 59.6 Å². The SMILES string of the molecule is C=C1C2=C3C(CCC)C4CCC(CC5CC=C6C(=C5/C=C\C)Cc5nc7ccccc7n5C[C@@H]6O)C=C4/C(=C\C)[C@H]3CCCC2Cn2c1nc1ccccc12. The van der Waals surface area contributed by atoms with Crippen molar-refractivity contribution in [3.05, 3.63) is 136 Å². The van der Waals surface area contributed by atoms with Crippen molar-refractivity contribution in [3.63, 3.8) is 0 Å². The zero-order valence-corrected chi connectivity index (χ0v) is 33.0. The number of hydrogen-bond donors (Lipinski definition) is 1. The van der Waals surface area contributed by atoms with E-state index < -0.39 is 6.10 Å². The summed E-state index contributed by atoms with van der Waals surface area (Å²) in [7, 11) is 0. The van der Waals surface area contributed by atoms with Crippen molar-refractivity contribution >= 4 is 27.6 Å². The van der Waals surface area contributed by atoms with E-state index in [4.69, 9.17) is 16.5 Å². The first-order chi connectivity index (χ1) is 27.0. The van der Waals surface area contributed by atoms with Gasteiger partial charge in [-0.15, -0.1) is 0 Å². The molecule has 282 valence electrons. The second-order valence-electron chi connectivity index (χ2n) is 17.3. The summed E-state index contributed by atoms with van der Waals surface area (Å²) >= 11 is 0. The van der Waals surface area contributed by atoms with Gasteiger partial charge in [0.15, 0.2) is 0 Å². The molecule has 0 amide bonds. The average molecular weight is 729 g/mol. The summed E-state index contributed by atoms with van der Waals surface area (Å²) < 4.78 is 4.73. The molecule has 0 saturated heterocycles. The van der Waals surface area contributed by atoms with Crippen LogP contribution in [-0.4, -0.2) is 30.3 Å². The zero-order valence-electron chi connectivity index (χ0n) is 33.0. The van der Waals surface area contributed by atoms with Gasteiger partial charge in [-0.2, -0.15) is 0 Å². The lowest BCUT2D eigenvalue weighted by Gasteiger charge is -2.47. The number of fused-ring (bicyclic) bond motifs is 10. The first-order valence-corrected chi connectivity index (χ1v) is 21.4. The van der Waals surface area contributed by atoms with Gasteiger partial charge in [-0.25, -0.2) is 9.97 Å². The van der Waals surface area contributed by atoms with Crippen LogP contribution in [0.5, 0.6) is 0 Å². The highest BCUT2D eigenvalue weighted by Gasteiger charge is 2.46. The molecule has 1 N–H and O–H groups in total. The zero-order chi connectivity index (χ0) is 37.4. The summed E-state index contributed by atoms with van der Waals surface area (Å²) in [5, 5.41) is 11.6. The number of allylic oxidation sites excluding steroid dienone is 11. The van der Waals surface area contributed by atoms with Crippen LogP contribution in [0.1, 0.15) is 90.2 Å². The fourth-order valence-electron chi connectivity index (χ4n) is 12.3. The molecule has 5 nitrogen and oxygen atoms in total. The summed E-state index contributed by atoms with van der Waals surface area (Å²) in [6.45, 7) is 13.3. The molecular formula is C50H56N4O. The van der Waals surface area contributed by atoms with Crippen LogP contribution >= 0.6 is 0 Å². The second-order valence-corrected chi connectivity index (χ2v) is 17.3. The van der Waals surface area contributed by atoms with E-state index in [-0.39, 0.29) is 0 Å². The molecule has 0 spiro atoms. The Kier molecular flexibility index (Phi) is 8.85. The molecule has 1 saturated carbocycles. The average Bonchev–Trinajstić information content (AvgIpc) is 3.62. The lowest BCUT2D eigenvalue weighted by Crippen LogP contribution is -2.36. The van der Waals surface area contributed by atoms with Crippen molar-refractivity contribution < 1.29 is 5.11 Å². The topological polar surface area (TPSA) is 55.9 Å². The fraction of sp³-hybridized carbons (Fsp3) is 0.440. The summed E-state index contributed by atoms with van der Waals surface area (Å²) in [5.41, 5.74) is 16.1. The van der Waals surface area contributed by atoms with E-state index in [0.29, 0.717) is 42.1 Å². The molecule has 0 radical (unpaired) electrons. The standard InChI is InChI=1S/C50H56N4O/c1-5-13-35-32(22-24-37-41(35)27-47-51-42-17-8-10-19-44(42)53(47)29-46(37)55)25-31-21-23-36-38(14-6-2)49-39(34(7-3)40(36)26-31)16-12-15-33-28-54-45-20-11-9-18-43(45)52-50(54)30(4)48(33)49/h5,7-11,13,17-20,24,26,31-33,36,38-39,46,55H,4,6,12,14-16,21-23,25,27-29H2,1-3H3/b13-5-,34-7-/t31?,32?,33?,36?,38?,39-,46+/m1/s1. The van der Waals surface area contributed by atoms with Gasteiger partial charge in [-0.3, -0.25) is 0 Å². The van der Waals surface area contributed by atoms with Gasteiger partial charge in [0.2, 0.25) is 0 Å². The van der Waals surface area contributed by atoms with Crippen LogP contribution in [0.4, 0.5) is 0 Å². The van der Waals surface area contributed by atoms with Gasteiger partial charge in [-0.1, -0.05) is 86.6 Å². The first kappa shape index (κ1) is 35.0. The Bertz CT molecular complexity index is 2400. The molecule has 10 rings (SSSR count). The number of aliphatic hydroxyl groups excluding tert-OH is 1. The highest BCUT2D eigenvalue weighted by molar-refractivity contribution is 5.86. The third-order valence-corrected chi connectivity index (χ3v) is 14.4. The summed E-state index contributed by atoms with van der Waals surface area (Å²) in [5.74, 6) is 5.27. The lowest BCUT2D eigenvalue weighted by atomic mass is 9.57. The van der Waals surface area contributed by atoms with Crippen molar-refractivity contribution in [3.8, 4) is 0 Å². The molecule has 4 aliphatic carbocycles. The molecule has 2 aromatic carbocycles. The summed E-state index contributed by atoms with van der Waals surface area (Å²) in [6.07, 6.45) is 23.3. The summed E-state index contributed by atoms with van der Waals surface area (Å²) in [4.78, 5) is 10.3. The van der Waals surface area contributed by atoms with E-state index in [9.17, 15) is 5.11 Å². The lowest BCUT2D eigenvalue weighted by molar-refractivity contribution is 0.193. The van der Waals surface area contributed by atoms with Gasteiger partial charge in [0, 0.05) is 30.4 Å². The number of hydrogen-bond acceptors (Lipinski definition) is 3. The largest absolute Gasteiger partial charge is 0.387 e. The van der Waals surface area contributed by atoms with Gasteiger partial charge in [0.1, 0.15) is 11.6 Å². The van der Waals surface area contributed by atoms with E-state index in [1.807, 2.05) is 0 Å². The normalized spacial score (nSPS) is 30.0. The Balaban J connectivity index is 1.00. The van der Waals surface area contributed by atoms with E-state index >= 15 is 0 Å². The number of aromatic nitrogens is 4. The van der Waals surface area contributed by atoms with Crippen LogP contribution < -0.4 is 0 Å². The predicted octanol–water partition coefficient (Wildman–Crippen LogP) is 11.3.